The van der Waals surface area contributed by atoms with E-state index in [9.17, 15) is 0 Å². The summed E-state index contributed by atoms with van der Waals surface area (Å²) in [6, 6.07) is 10.9. The zero-order valence-corrected chi connectivity index (χ0v) is 15.3. The largest absolute Gasteiger partial charge is 0.491 e. The first-order chi connectivity index (χ1) is 10.6. The second-order valence-electron chi connectivity index (χ2n) is 6.94. The van der Waals surface area contributed by atoms with E-state index >= 15 is 0 Å². The van der Waals surface area contributed by atoms with Crippen LogP contribution in [0.1, 0.15) is 45.4 Å². The summed E-state index contributed by atoms with van der Waals surface area (Å²) in [6.45, 7) is 6.98. The number of allylic oxidation sites excluding steroid dienone is 1. The van der Waals surface area contributed by atoms with Gasteiger partial charge in [0.15, 0.2) is 0 Å². The smallest absolute Gasteiger partial charge is 0.126 e. The summed E-state index contributed by atoms with van der Waals surface area (Å²) in [5.41, 5.74) is 2.41. The third-order valence-electron chi connectivity index (χ3n) is 4.66. The maximum Gasteiger partial charge on any atom is 0.126 e. The topological polar surface area (TPSA) is 9.23 Å². The maximum atomic E-state index is 6.20. The lowest BCUT2D eigenvalue weighted by atomic mass is 9.85. The molecular weight excluding hydrogens is 284 g/mol. The Hall–Kier alpha value is -1.28. The van der Waals surface area contributed by atoms with Gasteiger partial charge in [0, 0.05) is 0 Å². The number of benzene rings is 1. The van der Waals surface area contributed by atoms with E-state index in [-0.39, 0.29) is 5.60 Å². The van der Waals surface area contributed by atoms with Gasteiger partial charge in [-0.25, -0.2) is 0 Å². The van der Waals surface area contributed by atoms with Crippen molar-refractivity contribution in [3.05, 3.63) is 54.4 Å². The summed E-state index contributed by atoms with van der Waals surface area (Å²) in [4.78, 5) is 0. The summed E-state index contributed by atoms with van der Waals surface area (Å²) in [5.74, 6) is 0. The molecule has 0 N–H and O–H groups in total. The van der Waals surface area contributed by atoms with Crippen LogP contribution in [0.5, 0.6) is 0 Å². The molecule has 0 aliphatic heterocycles. The Labute approximate surface area is 137 Å². The molecule has 0 saturated heterocycles. The summed E-state index contributed by atoms with van der Waals surface area (Å²) in [6.07, 6.45) is 13.7. The lowest BCUT2D eigenvalue weighted by Gasteiger charge is -2.35. The van der Waals surface area contributed by atoms with Crippen LogP contribution in [0.2, 0.25) is 13.1 Å². The van der Waals surface area contributed by atoms with Crippen LogP contribution in [-0.4, -0.2) is 13.7 Å². The van der Waals surface area contributed by atoms with Crippen molar-refractivity contribution in [3.63, 3.8) is 0 Å². The van der Waals surface area contributed by atoms with Gasteiger partial charge < -0.3 is 4.74 Å². The molecule has 0 amide bonds. The molecule has 1 aromatic rings. The van der Waals surface area contributed by atoms with Crippen LogP contribution in [0.15, 0.2) is 54.4 Å². The quantitative estimate of drug-likeness (QED) is 0.508. The van der Waals surface area contributed by atoms with Crippen molar-refractivity contribution in [2.45, 2.75) is 64.1 Å². The van der Waals surface area contributed by atoms with Gasteiger partial charge in [0.05, 0.1) is 6.26 Å². The van der Waals surface area contributed by atoms with Crippen LogP contribution < -0.4 is 5.19 Å². The van der Waals surface area contributed by atoms with Gasteiger partial charge >= 0.3 is 0 Å². The van der Waals surface area contributed by atoms with Gasteiger partial charge in [0.1, 0.15) is 13.7 Å². The van der Waals surface area contributed by atoms with Crippen molar-refractivity contribution < 1.29 is 4.74 Å². The van der Waals surface area contributed by atoms with Gasteiger partial charge in [-0.3, -0.25) is 0 Å². The van der Waals surface area contributed by atoms with E-state index in [1.807, 2.05) is 6.26 Å². The number of hydrogen-bond acceptors (Lipinski definition) is 1. The highest BCUT2D eigenvalue weighted by Gasteiger charge is 2.31. The molecule has 0 unspecified atom stereocenters. The molecule has 0 spiro atoms. The van der Waals surface area contributed by atoms with Crippen LogP contribution in [0.3, 0.4) is 0 Å². The number of rotatable bonds is 6. The van der Waals surface area contributed by atoms with Gasteiger partial charge in [-0.05, 0) is 38.2 Å². The predicted octanol–water partition coefficient (Wildman–Crippen LogP) is 5.34. The Balaban J connectivity index is 2.16. The Morgan fingerprint density at radius 3 is 2.41 bits per heavy atom. The van der Waals surface area contributed by atoms with Gasteiger partial charge in [-0.1, -0.05) is 73.7 Å². The van der Waals surface area contributed by atoms with E-state index in [4.69, 9.17) is 4.74 Å². The Bertz CT molecular complexity index is 496. The molecular formula is C20H30OSi. The normalized spacial score (nSPS) is 18.9. The summed E-state index contributed by atoms with van der Waals surface area (Å²) < 4.78 is 6.20. The maximum absolute atomic E-state index is 6.20. The first kappa shape index (κ1) is 17.1. The van der Waals surface area contributed by atoms with Crippen molar-refractivity contribution in [3.8, 4) is 0 Å². The molecule has 1 aromatic carbocycles. The minimum absolute atomic E-state index is 0.0665. The lowest BCUT2D eigenvalue weighted by molar-refractivity contribution is 0.0325. The molecule has 2 rings (SSSR count). The molecule has 1 fully saturated rings. The zero-order chi connectivity index (χ0) is 15.9. The lowest BCUT2D eigenvalue weighted by Crippen LogP contribution is -2.41. The second-order valence-corrected chi connectivity index (χ2v) is 11.3. The molecule has 0 bridgehead atoms. The zero-order valence-electron chi connectivity index (χ0n) is 14.3. The molecule has 120 valence electrons. The van der Waals surface area contributed by atoms with Crippen molar-refractivity contribution in [2.75, 3.05) is 0 Å². The Morgan fingerprint density at radius 1 is 1.09 bits per heavy atom. The van der Waals surface area contributed by atoms with E-state index in [0.29, 0.717) is 0 Å². The number of ether oxygens (including phenoxy) is 1. The molecule has 0 heterocycles. The molecule has 0 radical (unpaired) electrons. The van der Waals surface area contributed by atoms with Crippen molar-refractivity contribution >= 4 is 13.3 Å². The van der Waals surface area contributed by atoms with E-state index in [1.54, 1.807) is 0 Å². The van der Waals surface area contributed by atoms with Crippen LogP contribution in [0.25, 0.3) is 0 Å². The minimum atomic E-state index is -1.54. The fourth-order valence-electron chi connectivity index (χ4n) is 3.08. The van der Waals surface area contributed by atoms with E-state index in [0.717, 1.165) is 19.3 Å². The van der Waals surface area contributed by atoms with E-state index < -0.39 is 8.07 Å². The van der Waals surface area contributed by atoms with Gasteiger partial charge in [0.2, 0.25) is 0 Å². The molecule has 1 aliphatic carbocycles. The Kier molecular flexibility index (Phi) is 6.07. The first-order valence-electron chi connectivity index (χ1n) is 8.67. The van der Waals surface area contributed by atoms with Crippen LogP contribution in [0, 0.1) is 0 Å². The summed E-state index contributed by atoms with van der Waals surface area (Å²) >= 11 is 0. The van der Waals surface area contributed by atoms with Gasteiger partial charge in [-0.2, -0.15) is 0 Å². The van der Waals surface area contributed by atoms with Crippen molar-refractivity contribution in [1.29, 1.82) is 0 Å². The highest BCUT2D eigenvalue weighted by Crippen LogP contribution is 2.33. The first-order valence-corrected chi connectivity index (χ1v) is 11.7. The van der Waals surface area contributed by atoms with E-state index in [1.165, 1.54) is 24.4 Å². The molecule has 1 nitrogen and oxygen atoms in total. The van der Waals surface area contributed by atoms with Crippen LogP contribution in [-0.2, 0) is 4.74 Å². The molecule has 22 heavy (non-hydrogen) atoms. The third kappa shape index (κ3) is 4.61. The number of hydrogen-bond donors (Lipinski definition) is 0. The van der Waals surface area contributed by atoms with Crippen LogP contribution >= 0.6 is 0 Å². The minimum Gasteiger partial charge on any atom is -0.491 e. The van der Waals surface area contributed by atoms with Crippen LogP contribution in [0.4, 0.5) is 0 Å². The second kappa shape index (κ2) is 7.82. The fourth-order valence-corrected chi connectivity index (χ4v) is 5.04. The van der Waals surface area contributed by atoms with Gasteiger partial charge in [0.25, 0.3) is 0 Å². The summed E-state index contributed by atoms with van der Waals surface area (Å²) in [7, 11) is -1.54. The Morgan fingerprint density at radius 2 is 1.77 bits per heavy atom. The summed E-state index contributed by atoms with van der Waals surface area (Å²) in [5, 5.41) is 1.49. The highest BCUT2D eigenvalue weighted by molar-refractivity contribution is 6.93. The molecule has 1 aliphatic rings. The molecule has 0 aromatic heterocycles. The average Bonchev–Trinajstić information content (AvgIpc) is 2.55. The molecule has 2 heteroatoms. The van der Waals surface area contributed by atoms with Crippen molar-refractivity contribution in [1.82, 2.24) is 0 Å². The molecule has 0 atom stereocenters. The standard InChI is InChI=1S/C20H30OSi/c1-4-5-17-21-20(14-10-7-11-15-20)16-18-22(2,3)19-12-8-6-9-13-19/h5-6,8-9,12-13,16-18H,4,7,10-11,14-15H2,1-3H3/b17-5+,18-16+. The molecule has 1 saturated carbocycles. The SMILES string of the molecule is CC/C=C/OC1(/C=C/[Si](C)(C)c2ccccc2)CCCCC1. The monoisotopic (exact) mass is 314 g/mol. The highest BCUT2D eigenvalue weighted by atomic mass is 28.3. The van der Waals surface area contributed by atoms with Crippen molar-refractivity contribution in [2.24, 2.45) is 0 Å². The average molecular weight is 315 g/mol. The fraction of sp³-hybridized carbons (Fsp3) is 0.500. The van der Waals surface area contributed by atoms with Gasteiger partial charge in [-0.15, -0.1) is 0 Å². The predicted molar refractivity (Wildman–Crippen MR) is 99.0 cm³/mol. The third-order valence-corrected chi connectivity index (χ3v) is 7.48. The van der Waals surface area contributed by atoms with E-state index in [2.05, 4.69) is 68.2 Å².